The lowest BCUT2D eigenvalue weighted by Gasteiger charge is -2.34. The second-order valence-corrected chi connectivity index (χ2v) is 8.26. The molecule has 1 aliphatic carbocycles. The van der Waals surface area contributed by atoms with Gasteiger partial charge in [-0.2, -0.15) is 0 Å². The third-order valence-electron chi connectivity index (χ3n) is 5.81. The van der Waals surface area contributed by atoms with Crippen LogP contribution in [0.5, 0.6) is 5.75 Å². The number of carbonyl (C=O) groups is 1. The molecule has 3 atom stereocenters. The zero-order valence-corrected chi connectivity index (χ0v) is 17.5. The summed E-state index contributed by atoms with van der Waals surface area (Å²) in [7, 11) is 0. The molecule has 1 amide bonds. The minimum absolute atomic E-state index is 0.123. The Hall–Kier alpha value is -2.01. The van der Waals surface area contributed by atoms with Crippen LogP contribution in [-0.2, 0) is 11.2 Å². The summed E-state index contributed by atoms with van der Waals surface area (Å²) in [5, 5.41) is 4.27. The van der Waals surface area contributed by atoms with Gasteiger partial charge in [-0.15, -0.1) is 0 Å². The van der Waals surface area contributed by atoms with Crippen LogP contribution in [0.1, 0.15) is 52.0 Å². The van der Waals surface area contributed by atoms with Crippen molar-refractivity contribution in [2.45, 2.75) is 58.9 Å². The number of ether oxygens (including phenoxy) is 1. The van der Waals surface area contributed by atoms with Gasteiger partial charge in [0.2, 0.25) is 0 Å². The molecule has 1 saturated carbocycles. The third kappa shape index (κ3) is 4.69. The third-order valence-corrected chi connectivity index (χ3v) is 6.11. The van der Waals surface area contributed by atoms with Crippen LogP contribution in [0, 0.1) is 11.8 Å². The lowest BCUT2D eigenvalue weighted by molar-refractivity contribution is -0.124. The van der Waals surface area contributed by atoms with Crippen molar-refractivity contribution in [3.8, 4) is 5.75 Å². The van der Waals surface area contributed by atoms with E-state index < -0.39 is 5.63 Å². The van der Waals surface area contributed by atoms with Crippen molar-refractivity contribution in [2.24, 2.45) is 11.8 Å². The van der Waals surface area contributed by atoms with Gasteiger partial charge in [-0.3, -0.25) is 4.79 Å². The average Bonchev–Trinajstić information content (AvgIpc) is 2.64. The maximum absolute atomic E-state index is 12.4. The van der Waals surface area contributed by atoms with Gasteiger partial charge < -0.3 is 14.5 Å². The van der Waals surface area contributed by atoms with Crippen molar-refractivity contribution < 1.29 is 13.9 Å². The van der Waals surface area contributed by atoms with Crippen LogP contribution in [0.4, 0.5) is 0 Å². The van der Waals surface area contributed by atoms with Crippen molar-refractivity contribution in [1.29, 1.82) is 0 Å². The van der Waals surface area contributed by atoms with Gasteiger partial charge in [0.1, 0.15) is 11.3 Å². The lowest BCUT2D eigenvalue weighted by Crippen LogP contribution is -2.45. The van der Waals surface area contributed by atoms with Gasteiger partial charge >= 0.3 is 5.63 Å². The number of carbonyl (C=O) groups excluding carboxylic acids is 1. The Morgan fingerprint density at radius 2 is 2.07 bits per heavy atom. The molecule has 0 saturated heterocycles. The Kier molecular flexibility index (Phi) is 6.65. The molecule has 1 heterocycles. The number of fused-ring (bicyclic) bond motifs is 1. The monoisotopic (exact) mass is 405 g/mol. The molecule has 1 aliphatic rings. The Morgan fingerprint density at radius 3 is 2.82 bits per heavy atom. The highest BCUT2D eigenvalue weighted by Crippen LogP contribution is 2.32. The van der Waals surface area contributed by atoms with Crippen molar-refractivity contribution in [1.82, 2.24) is 5.32 Å². The Bertz CT molecular complexity index is 907. The summed E-state index contributed by atoms with van der Waals surface area (Å²) in [6, 6.07) is 5.02. The normalized spacial score (nSPS) is 22.2. The molecule has 28 heavy (non-hydrogen) atoms. The van der Waals surface area contributed by atoms with Gasteiger partial charge in [0.05, 0.1) is 5.02 Å². The molecular weight excluding hydrogens is 378 g/mol. The van der Waals surface area contributed by atoms with Crippen molar-refractivity contribution >= 4 is 28.5 Å². The quantitative estimate of drug-likeness (QED) is 0.706. The second kappa shape index (κ2) is 8.99. The first-order valence-corrected chi connectivity index (χ1v) is 10.4. The van der Waals surface area contributed by atoms with Crippen LogP contribution in [-0.4, -0.2) is 18.6 Å². The first-order valence-electron chi connectivity index (χ1n) is 10.1. The molecule has 6 heteroatoms. The molecule has 0 aliphatic heterocycles. The predicted molar refractivity (Wildman–Crippen MR) is 111 cm³/mol. The van der Waals surface area contributed by atoms with Crippen molar-refractivity contribution in [2.75, 3.05) is 6.61 Å². The number of hydrogen-bond donors (Lipinski definition) is 1. The SMILES string of the molecule is CCCc1cc(=O)oc2cc(OCC(=O)N[C@H]3CCC[C@H](C)[C@@H]3C)c(Cl)cc12. The summed E-state index contributed by atoms with van der Waals surface area (Å²) in [6.07, 6.45) is 5.01. The summed E-state index contributed by atoms with van der Waals surface area (Å²) in [4.78, 5) is 24.2. The minimum Gasteiger partial charge on any atom is -0.482 e. The number of rotatable bonds is 6. The zero-order valence-electron chi connectivity index (χ0n) is 16.7. The Labute approximate surface area is 170 Å². The fraction of sp³-hybridized carbons (Fsp3) is 0.545. The molecule has 0 radical (unpaired) electrons. The number of aryl methyl sites for hydroxylation is 1. The number of hydrogen-bond acceptors (Lipinski definition) is 4. The number of halogens is 1. The molecule has 0 bridgehead atoms. The van der Waals surface area contributed by atoms with E-state index in [4.69, 9.17) is 20.8 Å². The molecule has 2 aromatic rings. The van der Waals surface area contributed by atoms with E-state index in [1.54, 1.807) is 12.1 Å². The predicted octanol–water partition coefficient (Wildman–Crippen LogP) is 4.72. The van der Waals surface area contributed by atoms with Crippen molar-refractivity contribution in [3.63, 3.8) is 0 Å². The summed E-state index contributed by atoms with van der Waals surface area (Å²) >= 11 is 6.36. The van der Waals surface area contributed by atoms with E-state index in [1.165, 1.54) is 12.5 Å². The van der Waals surface area contributed by atoms with Gasteiger partial charge in [-0.25, -0.2) is 4.79 Å². The zero-order chi connectivity index (χ0) is 20.3. The number of nitrogens with one attached hydrogen (secondary N) is 1. The van der Waals surface area contributed by atoms with Crippen LogP contribution in [0.25, 0.3) is 11.0 Å². The summed E-state index contributed by atoms with van der Waals surface area (Å²) in [5.74, 6) is 1.23. The molecule has 0 spiro atoms. The topological polar surface area (TPSA) is 68.5 Å². The van der Waals surface area contributed by atoms with Gasteiger partial charge in [-0.1, -0.05) is 51.6 Å². The van der Waals surface area contributed by atoms with E-state index in [1.807, 2.05) is 6.92 Å². The molecule has 1 aromatic carbocycles. The standard InChI is InChI=1S/C22H28ClNO4/c1-4-6-15-9-22(26)28-19-11-20(17(23)10-16(15)19)27-12-21(25)24-18-8-5-7-13(2)14(18)3/h9-11,13-14,18H,4-8,12H2,1-3H3,(H,24,25)/t13-,14-,18-/m0/s1. The number of benzene rings is 1. The fourth-order valence-corrected chi connectivity index (χ4v) is 4.21. The van der Waals surface area contributed by atoms with Gasteiger partial charge in [-0.05, 0) is 36.3 Å². The highest BCUT2D eigenvalue weighted by molar-refractivity contribution is 6.32. The molecule has 1 N–H and O–H groups in total. The summed E-state index contributed by atoms with van der Waals surface area (Å²) < 4.78 is 10.9. The number of amides is 1. The molecule has 152 valence electrons. The van der Waals surface area contributed by atoms with E-state index >= 15 is 0 Å². The van der Waals surface area contributed by atoms with Crippen molar-refractivity contribution in [3.05, 3.63) is 39.2 Å². The van der Waals surface area contributed by atoms with Gasteiger partial charge in [0, 0.05) is 23.6 Å². The summed E-state index contributed by atoms with van der Waals surface area (Å²) in [5.41, 5.74) is 0.924. The van der Waals surface area contributed by atoms with Gasteiger partial charge in [0.25, 0.3) is 5.91 Å². The van der Waals surface area contributed by atoms with E-state index in [0.717, 1.165) is 36.6 Å². The Morgan fingerprint density at radius 1 is 1.29 bits per heavy atom. The maximum atomic E-state index is 12.4. The van der Waals surface area contributed by atoms with Crippen LogP contribution in [0.3, 0.4) is 0 Å². The van der Waals surface area contributed by atoms with E-state index in [9.17, 15) is 9.59 Å². The van der Waals surface area contributed by atoms with E-state index in [-0.39, 0.29) is 18.6 Å². The van der Waals surface area contributed by atoms with E-state index in [2.05, 4.69) is 19.2 Å². The molecule has 1 aromatic heterocycles. The Balaban J connectivity index is 1.71. The molecular formula is C22H28ClNO4. The average molecular weight is 406 g/mol. The largest absolute Gasteiger partial charge is 0.482 e. The van der Waals surface area contributed by atoms with Crippen LogP contribution in [0.15, 0.2) is 27.4 Å². The van der Waals surface area contributed by atoms with Crippen LogP contribution < -0.4 is 15.7 Å². The highest BCUT2D eigenvalue weighted by atomic mass is 35.5. The van der Waals surface area contributed by atoms with Crippen LogP contribution >= 0.6 is 11.6 Å². The molecule has 0 unspecified atom stereocenters. The minimum atomic E-state index is -0.401. The van der Waals surface area contributed by atoms with E-state index in [0.29, 0.717) is 28.2 Å². The molecule has 5 nitrogen and oxygen atoms in total. The maximum Gasteiger partial charge on any atom is 0.336 e. The summed E-state index contributed by atoms with van der Waals surface area (Å²) in [6.45, 7) is 6.34. The smallest absolute Gasteiger partial charge is 0.336 e. The second-order valence-electron chi connectivity index (χ2n) is 7.85. The first kappa shape index (κ1) is 20.7. The first-order chi connectivity index (χ1) is 13.4. The highest BCUT2D eigenvalue weighted by Gasteiger charge is 2.28. The fourth-order valence-electron chi connectivity index (χ4n) is 3.99. The molecule has 1 fully saturated rings. The van der Waals surface area contributed by atoms with Crippen LogP contribution in [0.2, 0.25) is 5.02 Å². The van der Waals surface area contributed by atoms with Gasteiger partial charge in [0.15, 0.2) is 6.61 Å². The lowest BCUT2D eigenvalue weighted by atomic mass is 9.78. The molecule has 3 rings (SSSR count).